The Labute approximate surface area is 128 Å². The number of aliphatic hydroxyl groups is 1. The van der Waals surface area contributed by atoms with Crippen LogP contribution in [-0.2, 0) is 4.79 Å². The highest BCUT2D eigenvalue weighted by atomic mass is 16.6. The number of hydrazone groups is 1. The Kier molecular flexibility index (Phi) is 5.21. The smallest absolute Gasteiger partial charge is 0.278 e. The fourth-order valence-electron chi connectivity index (χ4n) is 2.66. The molecule has 0 unspecified atom stereocenters. The van der Waals surface area contributed by atoms with Crippen molar-refractivity contribution in [3.63, 3.8) is 0 Å². The molecule has 1 saturated carbocycles. The van der Waals surface area contributed by atoms with Crippen molar-refractivity contribution in [3.05, 3.63) is 39.9 Å². The van der Waals surface area contributed by atoms with Crippen molar-refractivity contribution in [1.29, 1.82) is 0 Å². The second-order valence-corrected chi connectivity index (χ2v) is 5.57. The molecule has 1 aromatic carbocycles. The zero-order chi connectivity index (χ0) is 16.0. The summed E-state index contributed by atoms with van der Waals surface area (Å²) in [6.07, 6.45) is 5.40. The number of nitrogens with zero attached hydrogens (tertiary/aromatic N) is 2. The second-order valence-electron chi connectivity index (χ2n) is 5.57. The van der Waals surface area contributed by atoms with E-state index < -0.39 is 10.5 Å². The van der Waals surface area contributed by atoms with Crippen LogP contribution >= 0.6 is 0 Å². The topological polar surface area (TPSA) is 105 Å². The number of nitro benzene ring substituents is 1. The van der Waals surface area contributed by atoms with E-state index in [1.54, 1.807) is 18.2 Å². The van der Waals surface area contributed by atoms with Crippen LogP contribution < -0.4 is 5.43 Å². The van der Waals surface area contributed by atoms with Gasteiger partial charge in [0.05, 0.1) is 28.7 Å². The lowest BCUT2D eigenvalue weighted by Crippen LogP contribution is -2.37. The molecule has 0 heterocycles. The van der Waals surface area contributed by atoms with Crippen molar-refractivity contribution in [2.45, 2.75) is 44.1 Å². The molecule has 2 N–H and O–H groups in total. The number of benzene rings is 1. The summed E-state index contributed by atoms with van der Waals surface area (Å²) in [6.45, 7) is 0. The van der Waals surface area contributed by atoms with Gasteiger partial charge in [-0.25, -0.2) is 5.43 Å². The van der Waals surface area contributed by atoms with Gasteiger partial charge in [-0.15, -0.1) is 0 Å². The number of hydrogen-bond acceptors (Lipinski definition) is 5. The minimum Gasteiger partial charge on any atom is -0.389 e. The van der Waals surface area contributed by atoms with E-state index >= 15 is 0 Å². The number of nitro groups is 1. The lowest BCUT2D eigenvalue weighted by atomic mass is 9.82. The summed E-state index contributed by atoms with van der Waals surface area (Å²) < 4.78 is 0. The fourth-order valence-corrected chi connectivity index (χ4v) is 2.66. The van der Waals surface area contributed by atoms with E-state index in [0.29, 0.717) is 18.4 Å². The summed E-state index contributed by atoms with van der Waals surface area (Å²) in [5, 5.41) is 24.9. The van der Waals surface area contributed by atoms with Crippen LogP contribution in [0.4, 0.5) is 5.69 Å². The minimum absolute atomic E-state index is 0.00121. The van der Waals surface area contributed by atoms with Crippen LogP contribution in [0, 0.1) is 10.1 Å². The zero-order valence-corrected chi connectivity index (χ0v) is 12.2. The molecule has 0 saturated heterocycles. The van der Waals surface area contributed by atoms with E-state index in [9.17, 15) is 20.0 Å². The molecule has 0 aromatic heterocycles. The monoisotopic (exact) mass is 305 g/mol. The average molecular weight is 305 g/mol. The highest BCUT2D eigenvalue weighted by molar-refractivity contribution is 5.86. The maximum atomic E-state index is 11.8. The van der Waals surface area contributed by atoms with Gasteiger partial charge in [-0.3, -0.25) is 14.9 Å². The van der Waals surface area contributed by atoms with Gasteiger partial charge in [0.1, 0.15) is 0 Å². The first-order valence-electron chi connectivity index (χ1n) is 7.28. The van der Waals surface area contributed by atoms with Crippen LogP contribution in [0.5, 0.6) is 0 Å². The van der Waals surface area contributed by atoms with E-state index in [-0.39, 0.29) is 18.0 Å². The van der Waals surface area contributed by atoms with Crippen LogP contribution in [0.3, 0.4) is 0 Å². The molecule has 22 heavy (non-hydrogen) atoms. The number of rotatable bonds is 5. The van der Waals surface area contributed by atoms with E-state index in [1.807, 2.05) is 0 Å². The first-order valence-corrected chi connectivity index (χ1v) is 7.28. The van der Waals surface area contributed by atoms with Crippen LogP contribution in [0.2, 0.25) is 0 Å². The van der Waals surface area contributed by atoms with Crippen LogP contribution in [0.15, 0.2) is 29.4 Å². The Hall–Kier alpha value is -2.28. The van der Waals surface area contributed by atoms with Gasteiger partial charge in [-0.05, 0) is 18.9 Å². The third-order valence-electron chi connectivity index (χ3n) is 3.80. The molecule has 1 aliphatic carbocycles. The average Bonchev–Trinajstić information content (AvgIpc) is 2.47. The number of nitrogens with one attached hydrogen (secondary N) is 1. The molecule has 1 amide bonds. The van der Waals surface area contributed by atoms with Crippen molar-refractivity contribution in [2.24, 2.45) is 5.10 Å². The van der Waals surface area contributed by atoms with E-state index in [2.05, 4.69) is 10.5 Å². The predicted molar refractivity (Wildman–Crippen MR) is 81.5 cm³/mol. The van der Waals surface area contributed by atoms with E-state index in [4.69, 9.17) is 0 Å². The molecule has 7 heteroatoms. The van der Waals surface area contributed by atoms with Gasteiger partial charge in [-0.2, -0.15) is 5.10 Å². The number of hydrogen-bond donors (Lipinski definition) is 2. The Bertz CT molecular complexity index is 580. The third-order valence-corrected chi connectivity index (χ3v) is 3.80. The predicted octanol–water partition coefficient (Wildman–Crippen LogP) is 2.13. The van der Waals surface area contributed by atoms with Crippen LogP contribution in [0.1, 0.15) is 44.1 Å². The molecular formula is C15H19N3O4. The van der Waals surface area contributed by atoms with Crippen LogP contribution in [0.25, 0.3) is 0 Å². The molecule has 118 valence electrons. The lowest BCUT2D eigenvalue weighted by molar-refractivity contribution is -0.385. The Balaban J connectivity index is 1.92. The standard InChI is InChI=1S/C15H19N3O4/c19-14(10-15(20)8-4-1-5-9-15)17-16-11-12-6-2-3-7-13(12)18(21)22/h2-3,6-7,11,20H,1,4-5,8-10H2,(H,17,19). The largest absolute Gasteiger partial charge is 0.389 e. The summed E-state index contributed by atoms with van der Waals surface area (Å²) >= 11 is 0. The molecule has 0 aliphatic heterocycles. The van der Waals surface area contributed by atoms with Crippen LogP contribution in [-0.4, -0.2) is 27.8 Å². The SMILES string of the molecule is O=C(CC1(O)CCCCC1)NN=Cc1ccccc1[N+](=O)[O-]. The van der Waals surface area contributed by atoms with Gasteiger partial charge in [0.2, 0.25) is 5.91 Å². The van der Waals surface area contributed by atoms with Gasteiger partial charge in [0, 0.05) is 6.07 Å². The Morgan fingerprint density at radius 1 is 1.36 bits per heavy atom. The summed E-state index contributed by atoms with van der Waals surface area (Å²) in [7, 11) is 0. The molecule has 1 aliphatic rings. The molecule has 0 bridgehead atoms. The molecule has 0 spiro atoms. The highest BCUT2D eigenvalue weighted by Crippen LogP contribution is 2.30. The van der Waals surface area contributed by atoms with Crippen molar-refractivity contribution < 1.29 is 14.8 Å². The maximum absolute atomic E-state index is 11.8. The first-order chi connectivity index (χ1) is 10.5. The Morgan fingerprint density at radius 2 is 2.05 bits per heavy atom. The summed E-state index contributed by atoms with van der Waals surface area (Å²) in [6, 6.07) is 6.13. The van der Waals surface area contributed by atoms with Gasteiger partial charge in [-0.1, -0.05) is 31.4 Å². The quantitative estimate of drug-likeness (QED) is 0.494. The van der Waals surface area contributed by atoms with Gasteiger partial charge in [0.15, 0.2) is 0 Å². The van der Waals surface area contributed by atoms with E-state index in [0.717, 1.165) is 19.3 Å². The van der Waals surface area contributed by atoms with Crippen molar-refractivity contribution in [1.82, 2.24) is 5.43 Å². The summed E-state index contributed by atoms with van der Waals surface area (Å²) in [5.74, 6) is -0.390. The van der Waals surface area contributed by atoms with Crippen molar-refractivity contribution >= 4 is 17.8 Å². The van der Waals surface area contributed by atoms with Gasteiger partial charge < -0.3 is 5.11 Å². The molecule has 1 fully saturated rings. The normalized spacial score (nSPS) is 17.3. The number of carbonyl (C=O) groups is 1. The second kappa shape index (κ2) is 7.13. The fraction of sp³-hybridized carbons (Fsp3) is 0.467. The number of amides is 1. The molecule has 1 aromatic rings. The highest BCUT2D eigenvalue weighted by Gasteiger charge is 2.31. The maximum Gasteiger partial charge on any atom is 0.278 e. The van der Waals surface area contributed by atoms with Crippen molar-refractivity contribution in [3.8, 4) is 0 Å². The number of para-hydroxylation sites is 1. The van der Waals surface area contributed by atoms with Crippen molar-refractivity contribution in [2.75, 3.05) is 0 Å². The Morgan fingerprint density at radius 3 is 2.73 bits per heavy atom. The molecule has 0 atom stereocenters. The molecule has 0 radical (unpaired) electrons. The summed E-state index contributed by atoms with van der Waals surface area (Å²) in [4.78, 5) is 22.1. The molecule has 7 nitrogen and oxygen atoms in total. The molecular weight excluding hydrogens is 286 g/mol. The first kappa shape index (κ1) is 16.1. The van der Waals surface area contributed by atoms with E-state index in [1.165, 1.54) is 12.3 Å². The molecule has 2 rings (SSSR count). The lowest BCUT2D eigenvalue weighted by Gasteiger charge is -2.30. The van der Waals surface area contributed by atoms with Gasteiger partial charge in [0.25, 0.3) is 5.69 Å². The zero-order valence-electron chi connectivity index (χ0n) is 12.2. The third kappa shape index (κ3) is 4.36. The number of carbonyl (C=O) groups excluding carboxylic acids is 1. The van der Waals surface area contributed by atoms with Gasteiger partial charge >= 0.3 is 0 Å². The minimum atomic E-state index is -0.948. The summed E-state index contributed by atoms with van der Waals surface area (Å²) in [5.41, 5.74) is 1.60.